The molecule has 2 fully saturated rings. The SMILES string of the molecule is CCSc1nc(N2C[C@H]3C[C@@H]2CN3C(=O)O)c2c3c(c(Br)c(F)c2n1)COC3. The Morgan fingerprint density at radius 2 is 2.11 bits per heavy atom. The molecule has 3 aliphatic heterocycles. The molecule has 28 heavy (non-hydrogen) atoms. The Hall–Kier alpha value is -1.65. The van der Waals surface area contributed by atoms with Crippen molar-refractivity contribution in [1.82, 2.24) is 14.9 Å². The highest BCUT2D eigenvalue weighted by molar-refractivity contribution is 9.10. The Bertz CT molecular complexity index is 1010. The molecule has 0 spiro atoms. The van der Waals surface area contributed by atoms with Crippen LogP contribution < -0.4 is 4.90 Å². The number of hydrogen-bond donors (Lipinski definition) is 1. The summed E-state index contributed by atoms with van der Waals surface area (Å²) in [6.07, 6.45) is -0.114. The molecule has 4 heterocycles. The van der Waals surface area contributed by atoms with Crippen molar-refractivity contribution in [2.24, 2.45) is 0 Å². The van der Waals surface area contributed by atoms with Crippen LogP contribution >= 0.6 is 27.7 Å². The first-order chi connectivity index (χ1) is 13.5. The molecule has 2 aromatic rings. The van der Waals surface area contributed by atoms with Crippen molar-refractivity contribution < 1.29 is 19.0 Å². The van der Waals surface area contributed by atoms with Gasteiger partial charge in [0.2, 0.25) is 0 Å². The summed E-state index contributed by atoms with van der Waals surface area (Å²) in [5, 5.41) is 10.6. The molecule has 0 saturated carbocycles. The second-order valence-corrected chi connectivity index (χ2v) is 9.22. The van der Waals surface area contributed by atoms with Crippen molar-refractivity contribution in [3.8, 4) is 0 Å². The van der Waals surface area contributed by atoms with Crippen LogP contribution in [0.2, 0.25) is 0 Å². The van der Waals surface area contributed by atoms with Crippen molar-refractivity contribution in [2.45, 2.75) is 43.8 Å². The number of likely N-dealkylation sites (tertiary alicyclic amines) is 1. The number of ether oxygens (including phenoxy) is 1. The highest BCUT2D eigenvalue weighted by Gasteiger charge is 2.46. The number of aromatic nitrogens is 2. The molecule has 2 saturated heterocycles. The molecule has 2 atom stereocenters. The fraction of sp³-hybridized carbons (Fsp3) is 0.500. The van der Waals surface area contributed by atoms with E-state index >= 15 is 4.39 Å². The third-order valence-corrected chi connectivity index (χ3v) is 7.28. The number of thioether (sulfide) groups is 1. The quantitative estimate of drug-likeness (QED) is 0.544. The number of rotatable bonds is 3. The predicted molar refractivity (Wildman–Crippen MR) is 106 cm³/mol. The number of halogens is 2. The summed E-state index contributed by atoms with van der Waals surface area (Å²) in [4.78, 5) is 24.3. The normalized spacial score (nSPS) is 23.1. The monoisotopic (exact) mass is 468 g/mol. The summed E-state index contributed by atoms with van der Waals surface area (Å²) >= 11 is 4.84. The molecular weight excluding hydrogens is 451 g/mol. The van der Waals surface area contributed by atoms with Gasteiger partial charge in [-0.1, -0.05) is 18.7 Å². The van der Waals surface area contributed by atoms with Crippen LogP contribution in [0.3, 0.4) is 0 Å². The van der Waals surface area contributed by atoms with Crippen LogP contribution in [0.15, 0.2) is 9.63 Å². The average Bonchev–Trinajstić information content (AvgIpc) is 3.40. The Kier molecular flexibility index (Phi) is 4.40. The molecule has 1 aromatic heterocycles. The second-order valence-electron chi connectivity index (χ2n) is 7.19. The smallest absolute Gasteiger partial charge is 0.407 e. The van der Waals surface area contributed by atoms with Crippen LogP contribution in [-0.4, -0.2) is 57.0 Å². The minimum Gasteiger partial charge on any atom is -0.465 e. The van der Waals surface area contributed by atoms with E-state index in [1.165, 1.54) is 16.7 Å². The van der Waals surface area contributed by atoms with Gasteiger partial charge in [0.05, 0.1) is 35.2 Å². The van der Waals surface area contributed by atoms with E-state index in [-0.39, 0.29) is 12.1 Å². The lowest BCUT2D eigenvalue weighted by Crippen LogP contribution is -2.48. The number of carboxylic acid groups (broad SMARTS) is 1. The first-order valence-electron chi connectivity index (χ1n) is 9.16. The molecule has 0 aliphatic carbocycles. The van der Waals surface area contributed by atoms with Crippen molar-refractivity contribution in [3.63, 3.8) is 0 Å². The predicted octanol–water partition coefficient (Wildman–Crippen LogP) is 3.61. The molecule has 5 rings (SSSR count). The molecule has 1 N–H and O–H groups in total. The zero-order valence-electron chi connectivity index (χ0n) is 15.1. The Labute approximate surface area is 173 Å². The van der Waals surface area contributed by atoms with Gasteiger partial charge in [-0.25, -0.2) is 19.2 Å². The first kappa shape index (κ1) is 18.4. The zero-order chi connectivity index (χ0) is 19.6. The summed E-state index contributed by atoms with van der Waals surface area (Å²) in [6.45, 7) is 3.76. The molecule has 0 radical (unpaired) electrons. The van der Waals surface area contributed by atoms with Gasteiger partial charge >= 0.3 is 6.09 Å². The highest BCUT2D eigenvalue weighted by Crippen LogP contribution is 2.43. The fourth-order valence-corrected chi connectivity index (χ4v) is 5.62. The summed E-state index contributed by atoms with van der Waals surface area (Å²) in [5.41, 5.74) is 2.03. The van der Waals surface area contributed by atoms with E-state index < -0.39 is 11.9 Å². The van der Waals surface area contributed by atoms with Crippen molar-refractivity contribution in [1.29, 1.82) is 0 Å². The van der Waals surface area contributed by atoms with E-state index in [9.17, 15) is 9.90 Å². The van der Waals surface area contributed by atoms with Crippen LogP contribution in [0.5, 0.6) is 0 Å². The molecule has 2 bridgehead atoms. The van der Waals surface area contributed by atoms with E-state index in [1.54, 1.807) is 0 Å². The van der Waals surface area contributed by atoms with Gasteiger partial charge in [-0.2, -0.15) is 0 Å². The topological polar surface area (TPSA) is 78.8 Å². The molecule has 1 amide bonds. The number of amides is 1. The minimum absolute atomic E-state index is 0.0448. The molecule has 0 unspecified atom stereocenters. The van der Waals surface area contributed by atoms with E-state index in [0.717, 1.165) is 23.3 Å². The standard InChI is InChI=1S/C18H18BrFN4O3S/c1-2-28-17-21-15-12(10-6-27-7-11(10)13(19)14(15)20)16(22-17)23-4-9-3-8(23)5-24(9)18(25)26/h8-9H,2-7H2,1H3,(H,25,26)/t8-,9-/m1/s1. The van der Waals surface area contributed by atoms with Gasteiger partial charge < -0.3 is 19.6 Å². The molecule has 10 heteroatoms. The number of fused-ring (bicyclic) bond motifs is 5. The van der Waals surface area contributed by atoms with Gasteiger partial charge in [0.25, 0.3) is 0 Å². The molecule has 7 nitrogen and oxygen atoms in total. The van der Waals surface area contributed by atoms with E-state index in [1.807, 2.05) is 6.92 Å². The molecule has 1 aromatic carbocycles. The number of nitrogens with zero attached hydrogens (tertiary/aromatic N) is 4. The lowest BCUT2D eigenvalue weighted by molar-refractivity contribution is 0.134. The lowest BCUT2D eigenvalue weighted by atomic mass is 10.0. The van der Waals surface area contributed by atoms with E-state index in [2.05, 4.69) is 25.8 Å². The third kappa shape index (κ3) is 2.61. The number of hydrogen-bond acceptors (Lipinski definition) is 6. The van der Waals surface area contributed by atoms with Crippen molar-refractivity contribution >= 4 is 50.5 Å². The average molecular weight is 469 g/mol. The zero-order valence-corrected chi connectivity index (χ0v) is 17.5. The summed E-state index contributed by atoms with van der Waals surface area (Å²) in [5.74, 6) is 1.09. The van der Waals surface area contributed by atoms with Gasteiger partial charge in [0.15, 0.2) is 11.0 Å². The van der Waals surface area contributed by atoms with E-state index in [4.69, 9.17) is 9.72 Å². The first-order valence-corrected chi connectivity index (χ1v) is 10.9. The highest BCUT2D eigenvalue weighted by atomic mass is 79.9. The second kappa shape index (κ2) is 6.70. The summed E-state index contributed by atoms with van der Waals surface area (Å²) < 4.78 is 21.2. The van der Waals surface area contributed by atoms with Crippen molar-refractivity contribution in [2.75, 3.05) is 23.7 Å². The number of benzene rings is 1. The van der Waals surface area contributed by atoms with Crippen LogP contribution in [0.4, 0.5) is 15.0 Å². The van der Waals surface area contributed by atoms with E-state index in [0.29, 0.717) is 52.7 Å². The van der Waals surface area contributed by atoms with Crippen molar-refractivity contribution in [3.05, 3.63) is 21.4 Å². The van der Waals surface area contributed by atoms with Gasteiger partial charge in [0.1, 0.15) is 11.3 Å². The molecule has 148 valence electrons. The Morgan fingerprint density at radius 3 is 2.79 bits per heavy atom. The number of piperazine rings is 1. The third-order valence-electron chi connectivity index (χ3n) is 5.73. The number of carbonyl (C=O) groups is 1. The maximum absolute atomic E-state index is 15.2. The van der Waals surface area contributed by atoms with Crippen LogP contribution in [0.25, 0.3) is 10.9 Å². The maximum Gasteiger partial charge on any atom is 0.407 e. The lowest BCUT2D eigenvalue weighted by Gasteiger charge is -2.34. The van der Waals surface area contributed by atoms with Gasteiger partial charge in [-0.3, -0.25) is 0 Å². The largest absolute Gasteiger partial charge is 0.465 e. The summed E-state index contributed by atoms with van der Waals surface area (Å²) in [7, 11) is 0. The van der Waals surface area contributed by atoms with Gasteiger partial charge in [-0.05, 0) is 33.7 Å². The number of anilines is 1. The summed E-state index contributed by atoms with van der Waals surface area (Å²) in [6, 6.07) is -0.0113. The van der Waals surface area contributed by atoms with Crippen LogP contribution in [0.1, 0.15) is 24.5 Å². The minimum atomic E-state index is -0.883. The Balaban J connectivity index is 1.69. The van der Waals surface area contributed by atoms with Crippen LogP contribution in [0, 0.1) is 5.82 Å². The van der Waals surface area contributed by atoms with Crippen LogP contribution in [-0.2, 0) is 18.0 Å². The van der Waals surface area contributed by atoms with Gasteiger partial charge in [0, 0.05) is 18.7 Å². The maximum atomic E-state index is 15.2. The molecule has 3 aliphatic rings. The molecular formula is C18H18BrFN4O3S. The fourth-order valence-electron chi connectivity index (χ4n) is 4.51. The van der Waals surface area contributed by atoms with Gasteiger partial charge in [-0.15, -0.1) is 0 Å². The Morgan fingerprint density at radius 1 is 1.32 bits per heavy atom.